The molecule has 7 heteroatoms. The molecule has 0 heterocycles. The summed E-state index contributed by atoms with van der Waals surface area (Å²) in [5.74, 6) is 1.57. The largest absolute Gasteiger partial charge is 0.457 e. The van der Waals surface area contributed by atoms with Crippen LogP contribution in [0.25, 0.3) is 0 Å². The van der Waals surface area contributed by atoms with E-state index in [2.05, 4.69) is 4.72 Å². The first kappa shape index (κ1) is 17.2. The zero-order valence-corrected chi connectivity index (χ0v) is 14.6. The lowest BCUT2D eigenvalue weighted by Gasteiger charge is -2.12. The van der Waals surface area contributed by atoms with Crippen LogP contribution in [-0.4, -0.2) is 21.0 Å². The van der Waals surface area contributed by atoms with Gasteiger partial charge in [0.15, 0.2) is 0 Å². The van der Waals surface area contributed by atoms with Gasteiger partial charge < -0.3 is 10.5 Å². The number of nitrogens with two attached hydrogens (primary N) is 1. The third-order valence-electron chi connectivity index (χ3n) is 3.90. The number of nitrogens with one attached hydrogen (secondary N) is 1. The van der Waals surface area contributed by atoms with Crippen molar-refractivity contribution < 1.29 is 13.2 Å². The summed E-state index contributed by atoms with van der Waals surface area (Å²) in [6.07, 6.45) is 2.16. The molecule has 0 amide bonds. The minimum Gasteiger partial charge on any atom is -0.457 e. The molecule has 1 saturated carbocycles. The van der Waals surface area contributed by atoms with Gasteiger partial charge in [-0.25, -0.2) is 13.1 Å². The second-order valence-electron chi connectivity index (χ2n) is 5.88. The Morgan fingerprint density at radius 3 is 2.50 bits per heavy atom. The van der Waals surface area contributed by atoms with E-state index in [9.17, 15) is 8.42 Å². The number of benzene rings is 2. The van der Waals surface area contributed by atoms with E-state index in [1.54, 1.807) is 36.4 Å². The van der Waals surface area contributed by atoms with Crippen LogP contribution in [0.15, 0.2) is 53.4 Å². The van der Waals surface area contributed by atoms with E-state index in [4.69, 9.17) is 22.1 Å². The fourth-order valence-corrected chi connectivity index (χ4v) is 3.59. The Labute approximate surface area is 146 Å². The molecule has 2 aromatic rings. The van der Waals surface area contributed by atoms with Gasteiger partial charge in [0, 0.05) is 17.6 Å². The van der Waals surface area contributed by atoms with Gasteiger partial charge >= 0.3 is 0 Å². The van der Waals surface area contributed by atoms with Gasteiger partial charge in [-0.15, -0.1) is 0 Å². The third-order valence-corrected chi connectivity index (χ3v) is 5.58. The predicted octanol–water partition coefficient (Wildman–Crippen LogP) is 3.15. The lowest BCUT2D eigenvalue weighted by molar-refractivity contribution is 0.482. The molecule has 0 aromatic heterocycles. The molecule has 24 heavy (non-hydrogen) atoms. The molecule has 0 spiro atoms. The maximum Gasteiger partial charge on any atom is 0.240 e. The third kappa shape index (κ3) is 4.48. The Morgan fingerprint density at radius 1 is 1.17 bits per heavy atom. The van der Waals surface area contributed by atoms with Gasteiger partial charge in [0.25, 0.3) is 0 Å². The lowest BCUT2D eigenvalue weighted by Crippen LogP contribution is -2.38. The first-order valence-electron chi connectivity index (χ1n) is 7.73. The van der Waals surface area contributed by atoms with Crippen molar-refractivity contribution in [1.82, 2.24) is 4.72 Å². The van der Waals surface area contributed by atoms with Crippen LogP contribution < -0.4 is 15.2 Å². The Hall–Kier alpha value is -1.60. The summed E-state index contributed by atoms with van der Waals surface area (Å²) in [4.78, 5) is 0.184. The van der Waals surface area contributed by atoms with Gasteiger partial charge in [-0.1, -0.05) is 17.7 Å². The number of hydrogen-bond donors (Lipinski definition) is 2. The molecule has 0 radical (unpaired) electrons. The van der Waals surface area contributed by atoms with Gasteiger partial charge in [-0.05, 0) is 61.2 Å². The summed E-state index contributed by atoms with van der Waals surface area (Å²) in [7, 11) is -3.56. The summed E-state index contributed by atoms with van der Waals surface area (Å²) < 4.78 is 32.7. The highest BCUT2D eigenvalue weighted by Crippen LogP contribution is 2.31. The van der Waals surface area contributed by atoms with Crippen molar-refractivity contribution in [2.45, 2.75) is 23.8 Å². The van der Waals surface area contributed by atoms with Crippen molar-refractivity contribution in [3.05, 3.63) is 53.6 Å². The second kappa shape index (κ2) is 7.11. The van der Waals surface area contributed by atoms with Gasteiger partial charge in [-0.3, -0.25) is 0 Å². The first-order valence-corrected chi connectivity index (χ1v) is 9.59. The highest BCUT2D eigenvalue weighted by atomic mass is 35.5. The van der Waals surface area contributed by atoms with Gasteiger partial charge in [0.2, 0.25) is 10.0 Å². The van der Waals surface area contributed by atoms with E-state index in [1.807, 2.05) is 0 Å². The van der Waals surface area contributed by atoms with Crippen LogP contribution in [0.3, 0.4) is 0 Å². The molecule has 0 aliphatic heterocycles. The molecular weight excluding hydrogens is 348 g/mol. The quantitative estimate of drug-likeness (QED) is 0.788. The van der Waals surface area contributed by atoms with Gasteiger partial charge in [-0.2, -0.15) is 0 Å². The van der Waals surface area contributed by atoms with Crippen LogP contribution >= 0.6 is 11.6 Å². The molecule has 5 nitrogen and oxygen atoms in total. The van der Waals surface area contributed by atoms with E-state index in [0.29, 0.717) is 22.4 Å². The van der Waals surface area contributed by atoms with E-state index < -0.39 is 10.0 Å². The standard InChI is InChI=1S/C17H19ClN2O3S/c18-13-2-1-3-15(10-13)23-14-6-8-16(9-7-14)24(21,22)20-11-17(19)12-4-5-12/h1-3,6-10,12,17,20H,4-5,11,19H2. The van der Waals surface area contributed by atoms with Crippen LogP contribution in [0.1, 0.15) is 12.8 Å². The van der Waals surface area contributed by atoms with Crippen molar-refractivity contribution in [3.8, 4) is 11.5 Å². The molecular formula is C17H19ClN2O3S. The number of halogens is 1. The predicted molar refractivity (Wildman–Crippen MR) is 93.9 cm³/mol. The molecule has 1 unspecified atom stereocenters. The molecule has 0 bridgehead atoms. The first-order chi connectivity index (χ1) is 11.4. The number of hydrogen-bond acceptors (Lipinski definition) is 4. The lowest BCUT2D eigenvalue weighted by atomic mass is 10.2. The zero-order valence-electron chi connectivity index (χ0n) is 13.0. The Morgan fingerprint density at radius 2 is 1.88 bits per heavy atom. The van der Waals surface area contributed by atoms with E-state index in [-0.39, 0.29) is 17.5 Å². The topological polar surface area (TPSA) is 81.4 Å². The minimum absolute atomic E-state index is 0.120. The highest BCUT2D eigenvalue weighted by Gasteiger charge is 2.29. The number of rotatable bonds is 7. The number of ether oxygens (including phenoxy) is 1. The maximum absolute atomic E-state index is 12.3. The van der Waals surface area contributed by atoms with Crippen LogP contribution in [0.4, 0.5) is 0 Å². The Bertz CT molecular complexity index is 805. The van der Waals surface area contributed by atoms with Crippen LogP contribution in [0.2, 0.25) is 5.02 Å². The normalized spacial score (nSPS) is 15.9. The van der Waals surface area contributed by atoms with Gasteiger partial charge in [0.1, 0.15) is 11.5 Å². The fraction of sp³-hybridized carbons (Fsp3) is 0.294. The zero-order chi connectivity index (χ0) is 17.2. The van der Waals surface area contributed by atoms with Crippen molar-refractivity contribution in [2.75, 3.05) is 6.54 Å². The van der Waals surface area contributed by atoms with Crippen molar-refractivity contribution in [3.63, 3.8) is 0 Å². The maximum atomic E-state index is 12.3. The average molecular weight is 367 g/mol. The second-order valence-corrected chi connectivity index (χ2v) is 8.09. The fourth-order valence-electron chi connectivity index (χ4n) is 2.33. The molecule has 2 aromatic carbocycles. The molecule has 3 N–H and O–H groups in total. The molecule has 1 atom stereocenters. The van der Waals surface area contributed by atoms with Crippen LogP contribution in [0.5, 0.6) is 11.5 Å². The van der Waals surface area contributed by atoms with Crippen molar-refractivity contribution in [1.29, 1.82) is 0 Å². The Kier molecular flexibility index (Phi) is 5.10. The van der Waals surface area contributed by atoms with Crippen LogP contribution in [0, 0.1) is 5.92 Å². The monoisotopic (exact) mass is 366 g/mol. The van der Waals surface area contributed by atoms with E-state index in [1.165, 1.54) is 12.1 Å². The molecule has 1 aliphatic carbocycles. The molecule has 1 aliphatic rings. The summed E-state index contributed by atoms with van der Waals surface area (Å²) in [6.45, 7) is 0.258. The highest BCUT2D eigenvalue weighted by molar-refractivity contribution is 7.89. The molecule has 0 saturated heterocycles. The molecule has 128 valence electrons. The SMILES string of the molecule is NC(CNS(=O)(=O)c1ccc(Oc2cccc(Cl)c2)cc1)C1CC1. The summed E-state index contributed by atoms with van der Waals surface area (Å²) in [6, 6.07) is 13.1. The van der Waals surface area contributed by atoms with Crippen LogP contribution in [-0.2, 0) is 10.0 Å². The summed E-state index contributed by atoms with van der Waals surface area (Å²) >= 11 is 5.91. The van der Waals surface area contributed by atoms with E-state index >= 15 is 0 Å². The van der Waals surface area contributed by atoms with Crippen molar-refractivity contribution >= 4 is 21.6 Å². The van der Waals surface area contributed by atoms with Crippen molar-refractivity contribution in [2.24, 2.45) is 11.7 Å². The minimum atomic E-state index is -3.56. The average Bonchev–Trinajstić information content (AvgIpc) is 3.38. The smallest absolute Gasteiger partial charge is 0.240 e. The molecule has 1 fully saturated rings. The van der Waals surface area contributed by atoms with E-state index in [0.717, 1.165) is 12.8 Å². The number of sulfonamides is 1. The van der Waals surface area contributed by atoms with Gasteiger partial charge in [0.05, 0.1) is 4.90 Å². The molecule has 3 rings (SSSR count). The summed E-state index contributed by atoms with van der Waals surface area (Å²) in [5, 5.41) is 0.572. The Balaban J connectivity index is 1.64. The summed E-state index contributed by atoms with van der Waals surface area (Å²) in [5.41, 5.74) is 5.93.